The lowest BCUT2D eigenvalue weighted by Gasteiger charge is -2.32. The number of carbonyl (C=O) groups is 3. The largest absolute Gasteiger partial charge is 0.481 e. The van der Waals surface area contributed by atoms with Crippen molar-refractivity contribution in [2.24, 2.45) is 5.92 Å². The number of pyridine rings is 2. The first-order valence-corrected chi connectivity index (χ1v) is 10.9. The molecule has 3 rings (SSSR count). The molecule has 0 aromatic carbocycles. The Morgan fingerprint density at radius 1 is 1.12 bits per heavy atom. The molecule has 3 N–H and O–H groups in total. The normalized spacial score (nSPS) is 15.1. The molecule has 0 bridgehead atoms. The number of hydrogen-bond acceptors (Lipinski definition) is 6. The van der Waals surface area contributed by atoms with Crippen LogP contribution in [0.15, 0.2) is 48.9 Å². The number of amides is 2. The zero-order valence-corrected chi connectivity index (χ0v) is 17.9. The maximum absolute atomic E-state index is 12.7. The number of carboxylic acid groups (broad SMARTS) is 1. The number of aliphatic carboxylic acids is 1. The molecule has 1 aliphatic heterocycles. The molecule has 0 unspecified atom stereocenters. The van der Waals surface area contributed by atoms with Crippen LogP contribution in [0.2, 0.25) is 0 Å². The summed E-state index contributed by atoms with van der Waals surface area (Å²) in [5, 5.41) is 15.2. The van der Waals surface area contributed by atoms with Crippen molar-refractivity contribution < 1.29 is 19.5 Å². The van der Waals surface area contributed by atoms with Gasteiger partial charge in [-0.15, -0.1) is 0 Å². The molecular formula is C23H29N5O4. The molecule has 1 fully saturated rings. The molecule has 2 aromatic heterocycles. The maximum atomic E-state index is 12.7. The van der Waals surface area contributed by atoms with Crippen molar-refractivity contribution in [3.8, 4) is 0 Å². The SMILES string of the molecule is O=C(O)C[C@H](NC(=O)C1CCN(C(=O)CCCNc2ccccn2)CC1)c1cccnc1. The summed E-state index contributed by atoms with van der Waals surface area (Å²) in [5.41, 5.74) is 0.662. The van der Waals surface area contributed by atoms with Gasteiger partial charge in [-0.2, -0.15) is 0 Å². The lowest BCUT2D eigenvalue weighted by atomic mass is 9.94. The first-order chi connectivity index (χ1) is 15.5. The van der Waals surface area contributed by atoms with Crippen LogP contribution < -0.4 is 10.6 Å². The van der Waals surface area contributed by atoms with E-state index in [4.69, 9.17) is 0 Å². The van der Waals surface area contributed by atoms with Gasteiger partial charge in [0.2, 0.25) is 11.8 Å². The summed E-state index contributed by atoms with van der Waals surface area (Å²) >= 11 is 0. The van der Waals surface area contributed by atoms with Crippen LogP contribution in [-0.2, 0) is 14.4 Å². The lowest BCUT2D eigenvalue weighted by molar-refractivity contribution is -0.139. The molecular weight excluding hydrogens is 410 g/mol. The molecule has 9 heteroatoms. The fourth-order valence-corrected chi connectivity index (χ4v) is 3.77. The Hall–Kier alpha value is -3.49. The first-order valence-electron chi connectivity index (χ1n) is 10.9. The highest BCUT2D eigenvalue weighted by Crippen LogP contribution is 2.22. The quantitative estimate of drug-likeness (QED) is 0.485. The number of nitrogens with zero attached hydrogens (tertiary/aromatic N) is 3. The Kier molecular flexibility index (Phi) is 8.53. The molecule has 1 saturated heterocycles. The van der Waals surface area contributed by atoms with Crippen LogP contribution in [0.5, 0.6) is 0 Å². The van der Waals surface area contributed by atoms with Gasteiger partial charge in [-0.05, 0) is 43.0 Å². The van der Waals surface area contributed by atoms with E-state index in [0.29, 0.717) is 50.9 Å². The number of nitrogens with one attached hydrogen (secondary N) is 2. The van der Waals surface area contributed by atoms with Crippen molar-refractivity contribution in [1.29, 1.82) is 0 Å². The van der Waals surface area contributed by atoms with Gasteiger partial charge in [0.05, 0.1) is 12.5 Å². The molecule has 3 heterocycles. The van der Waals surface area contributed by atoms with Gasteiger partial charge in [0.1, 0.15) is 5.82 Å². The predicted octanol–water partition coefficient (Wildman–Crippen LogP) is 2.24. The summed E-state index contributed by atoms with van der Waals surface area (Å²) in [6, 6.07) is 8.48. The van der Waals surface area contributed by atoms with E-state index in [9.17, 15) is 19.5 Å². The molecule has 1 aliphatic rings. The average Bonchev–Trinajstić information content (AvgIpc) is 2.82. The fourth-order valence-electron chi connectivity index (χ4n) is 3.77. The van der Waals surface area contributed by atoms with E-state index in [1.54, 1.807) is 35.6 Å². The number of likely N-dealkylation sites (tertiary alicyclic amines) is 1. The Morgan fingerprint density at radius 3 is 2.59 bits per heavy atom. The van der Waals surface area contributed by atoms with Gasteiger partial charge in [0.25, 0.3) is 0 Å². The van der Waals surface area contributed by atoms with Crippen molar-refractivity contribution in [2.45, 2.75) is 38.1 Å². The second-order valence-corrected chi connectivity index (χ2v) is 7.85. The predicted molar refractivity (Wildman–Crippen MR) is 119 cm³/mol. The minimum Gasteiger partial charge on any atom is -0.481 e. The molecule has 0 spiro atoms. The Labute approximate surface area is 187 Å². The van der Waals surface area contributed by atoms with Gasteiger partial charge in [-0.25, -0.2) is 4.98 Å². The van der Waals surface area contributed by atoms with Crippen LogP contribution in [0.1, 0.15) is 43.7 Å². The average molecular weight is 440 g/mol. The van der Waals surface area contributed by atoms with Crippen molar-refractivity contribution >= 4 is 23.6 Å². The highest BCUT2D eigenvalue weighted by atomic mass is 16.4. The summed E-state index contributed by atoms with van der Waals surface area (Å²) in [5.74, 6) is -0.522. The van der Waals surface area contributed by atoms with Crippen LogP contribution in [-0.4, -0.2) is 57.4 Å². The van der Waals surface area contributed by atoms with Crippen molar-refractivity contribution in [1.82, 2.24) is 20.2 Å². The molecule has 0 radical (unpaired) electrons. The van der Waals surface area contributed by atoms with E-state index in [0.717, 1.165) is 5.82 Å². The molecule has 9 nitrogen and oxygen atoms in total. The third-order valence-corrected chi connectivity index (χ3v) is 5.54. The number of anilines is 1. The van der Waals surface area contributed by atoms with Gasteiger partial charge < -0.3 is 20.6 Å². The zero-order chi connectivity index (χ0) is 22.8. The maximum Gasteiger partial charge on any atom is 0.305 e. The highest BCUT2D eigenvalue weighted by Gasteiger charge is 2.29. The smallest absolute Gasteiger partial charge is 0.305 e. The Bertz CT molecular complexity index is 886. The second-order valence-electron chi connectivity index (χ2n) is 7.85. The molecule has 170 valence electrons. The van der Waals surface area contributed by atoms with Crippen LogP contribution in [0.4, 0.5) is 5.82 Å². The van der Waals surface area contributed by atoms with E-state index in [-0.39, 0.29) is 24.2 Å². The molecule has 2 aromatic rings. The summed E-state index contributed by atoms with van der Waals surface area (Å²) < 4.78 is 0. The van der Waals surface area contributed by atoms with Crippen LogP contribution >= 0.6 is 0 Å². The van der Waals surface area contributed by atoms with E-state index in [1.807, 2.05) is 18.2 Å². The van der Waals surface area contributed by atoms with E-state index >= 15 is 0 Å². The van der Waals surface area contributed by atoms with Gasteiger partial charge in [-0.3, -0.25) is 19.4 Å². The number of aromatic nitrogens is 2. The van der Waals surface area contributed by atoms with Crippen LogP contribution in [0, 0.1) is 5.92 Å². The number of piperidine rings is 1. The van der Waals surface area contributed by atoms with Crippen molar-refractivity contribution in [3.05, 3.63) is 54.5 Å². The highest BCUT2D eigenvalue weighted by molar-refractivity contribution is 5.81. The molecule has 1 atom stereocenters. The summed E-state index contributed by atoms with van der Waals surface area (Å²) in [6.07, 6.45) is 6.96. The topological polar surface area (TPSA) is 125 Å². The van der Waals surface area contributed by atoms with Gasteiger partial charge in [-0.1, -0.05) is 12.1 Å². The molecule has 0 aliphatic carbocycles. The van der Waals surface area contributed by atoms with Crippen LogP contribution in [0.3, 0.4) is 0 Å². The van der Waals surface area contributed by atoms with E-state index < -0.39 is 12.0 Å². The minimum absolute atomic E-state index is 0.0887. The molecule has 0 saturated carbocycles. The minimum atomic E-state index is -0.989. The standard InChI is InChI=1S/C23H29N5O4/c29-21(7-4-12-26-20-6-1-2-11-25-20)28-13-8-17(9-14-28)23(32)27-19(15-22(30)31)18-5-3-10-24-16-18/h1-3,5-6,10-11,16-17,19H,4,7-9,12-15H2,(H,25,26)(H,27,32)(H,30,31)/t19-/m0/s1. The van der Waals surface area contributed by atoms with Gasteiger partial charge in [0, 0.05) is 50.6 Å². The van der Waals surface area contributed by atoms with Crippen molar-refractivity contribution in [2.75, 3.05) is 25.0 Å². The molecule has 2 amide bonds. The monoisotopic (exact) mass is 439 g/mol. The summed E-state index contributed by atoms with van der Waals surface area (Å²) in [6.45, 7) is 1.73. The number of hydrogen-bond donors (Lipinski definition) is 3. The zero-order valence-electron chi connectivity index (χ0n) is 17.9. The number of carbonyl (C=O) groups excluding carboxylic acids is 2. The van der Waals surface area contributed by atoms with Crippen molar-refractivity contribution in [3.63, 3.8) is 0 Å². The number of rotatable bonds is 10. The summed E-state index contributed by atoms with van der Waals surface area (Å²) in [4.78, 5) is 46.5. The van der Waals surface area contributed by atoms with Gasteiger partial charge in [0.15, 0.2) is 0 Å². The fraction of sp³-hybridized carbons (Fsp3) is 0.435. The van der Waals surface area contributed by atoms with E-state index in [1.165, 1.54) is 0 Å². The molecule has 32 heavy (non-hydrogen) atoms. The van der Waals surface area contributed by atoms with E-state index in [2.05, 4.69) is 20.6 Å². The Balaban J connectivity index is 1.41. The summed E-state index contributed by atoms with van der Waals surface area (Å²) in [7, 11) is 0. The van der Waals surface area contributed by atoms with Crippen LogP contribution in [0.25, 0.3) is 0 Å². The number of carboxylic acids is 1. The second kappa shape index (κ2) is 11.8. The third-order valence-electron chi connectivity index (χ3n) is 5.54. The lowest BCUT2D eigenvalue weighted by Crippen LogP contribution is -2.44. The third kappa shape index (κ3) is 7.04. The Morgan fingerprint density at radius 2 is 1.94 bits per heavy atom. The van der Waals surface area contributed by atoms with Gasteiger partial charge >= 0.3 is 5.97 Å². The first kappa shape index (κ1) is 23.2.